The fraction of sp³-hybridized carbons (Fsp3) is 0.368. The smallest absolute Gasteiger partial charge is 0.331 e. The van der Waals surface area contributed by atoms with Crippen molar-refractivity contribution in [2.45, 2.75) is 31.9 Å². The van der Waals surface area contributed by atoms with E-state index in [0.717, 1.165) is 18.4 Å². The summed E-state index contributed by atoms with van der Waals surface area (Å²) in [5.41, 5.74) is 0.745. The van der Waals surface area contributed by atoms with Gasteiger partial charge in [0.1, 0.15) is 6.61 Å². The Bertz CT molecular complexity index is 664. The Morgan fingerprint density at radius 3 is 2.76 bits per heavy atom. The highest BCUT2D eigenvalue weighted by Crippen LogP contribution is 2.28. The number of methoxy groups -OCH3 is 1. The zero-order chi connectivity index (χ0) is 18.2. The van der Waals surface area contributed by atoms with E-state index >= 15 is 0 Å². The first-order valence-corrected chi connectivity index (χ1v) is 8.14. The number of carbonyl (C=O) groups excluding carboxylic acids is 2. The third-order valence-electron chi connectivity index (χ3n) is 3.54. The molecule has 0 aliphatic heterocycles. The van der Waals surface area contributed by atoms with Gasteiger partial charge in [-0.25, -0.2) is 4.79 Å². The first-order valence-electron chi connectivity index (χ1n) is 8.14. The molecular weight excluding hydrogens is 322 g/mol. The van der Waals surface area contributed by atoms with Crippen molar-refractivity contribution in [3.8, 4) is 11.5 Å². The monoisotopic (exact) mass is 345 g/mol. The van der Waals surface area contributed by atoms with E-state index in [2.05, 4.69) is 11.9 Å². The van der Waals surface area contributed by atoms with Crippen LogP contribution in [0.5, 0.6) is 11.5 Å². The molecule has 1 aromatic carbocycles. The molecule has 134 valence electrons. The molecule has 0 spiro atoms. The van der Waals surface area contributed by atoms with Crippen LogP contribution in [0.4, 0.5) is 0 Å². The molecule has 1 saturated carbocycles. The van der Waals surface area contributed by atoms with E-state index < -0.39 is 12.1 Å². The Balaban J connectivity index is 1.91. The molecule has 2 rings (SSSR count). The van der Waals surface area contributed by atoms with Crippen molar-refractivity contribution in [2.75, 3.05) is 13.7 Å². The van der Waals surface area contributed by atoms with Crippen molar-refractivity contribution in [3.63, 3.8) is 0 Å². The zero-order valence-electron chi connectivity index (χ0n) is 14.5. The number of hydrogen-bond donors (Lipinski definition) is 1. The Hall–Kier alpha value is -2.76. The molecule has 1 amide bonds. The van der Waals surface area contributed by atoms with Gasteiger partial charge in [-0.15, -0.1) is 0 Å². The molecule has 0 heterocycles. The van der Waals surface area contributed by atoms with Gasteiger partial charge >= 0.3 is 5.97 Å². The van der Waals surface area contributed by atoms with Gasteiger partial charge in [0.25, 0.3) is 5.91 Å². The number of carbonyl (C=O) groups is 2. The van der Waals surface area contributed by atoms with E-state index in [4.69, 9.17) is 14.2 Å². The van der Waals surface area contributed by atoms with Crippen LogP contribution < -0.4 is 14.8 Å². The predicted octanol–water partition coefficient (Wildman–Crippen LogP) is 2.48. The van der Waals surface area contributed by atoms with Crippen molar-refractivity contribution in [2.24, 2.45) is 0 Å². The quantitative estimate of drug-likeness (QED) is 0.423. The average Bonchev–Trinajstić information content (AvgIpc) is 3.42. The van der Waals surface area contributed by atoms with Crippen LogP contribution in [0.2, 0.25) is 0 Å². The lowest BCUT2D eigenvalue weighted by Gasteiger charge is -2.11. The van der Waals surface area contributed by atoms with Gasteiger partial charge in [-0.2, -0.15) is 0 Å². The van der Waals surface area contributed by atoms with Gasteiger partial charge in [-0.1, -0.05) is 18.7 Å². The van der Waals surface area contributed by atoms with Crippen LogP contribution in [0, 0.1) is 0 Å². The van der Waals surface area contributed by atoms with Gasteiger partial charge in [0.15, 0.2) is 17.6 Å². The molecule has 0 radical (unpaired) electrons. The van der Waals surface area contributed by atoms with E-state index in [1.807, 2.05) is 0 Å². The molecule has 1 fully saturated rings. The summed E-state index contributed by atoms with van der Waals surface area (Å²) in [7, 11) is 1.54. The summed E-state index contributed by atoms with van der Waals surface area (Å²) in [5.74, 6) is 0.293. The Morgan fingerprint density at radius 2 is 2.12 bits per heavy atom. The molecule has 0 aromatic heterocycles. The lowest BCUT2D eigenvalue weighted by atomic mass is 10.2. The molecule has 6 nitrogen and oxygen atoms in total. The Kier molecular flexibility index (Phi) is 6.62. The van der Waals surface area contributed by atoms with Gasteiger partial charge < -0.3 is 19.5 Å². The molecule has 25 heavy (non-hydrogen) atoms. The number of nitrogens with one attached hydrogen (secondary N) is 1. The second-order valence-corrected chi connectivity index (χ2v) is 5.71. The topological polar surface area (TPSA) is 73.9 Å². The summed E-state index contributed by atoms with van der Waals surface area (Å²) in [6, 6.07) is 5.51. The predicted molar refractivity (Wildman–Crippen MR) is 94.4 cm³/mol. The van der Waals surface area contributed by atoms with Crippen molar-refractivity contribution in [1.29, 1.82) is 0 Å². The standard InChI is InChI=1S/C19H23NO5/c1-4-11-24-16-9-5-14(12-17(16)23-3)6-10-18(21)25-13(2)19(22)20-15-7-8-15/h4-6,9-10,12-13,15H,1,7-8,11H2,2-3H3,(H,20,22)/b10-6+/t13-/m1/s1. The van der Waals surface area contributed by atoms with Crippen LogP contribution in [0.1, 0.15) is 25.3 Å². The summed E-state index contributed by atoms with van der Waals surface area (Å²) >= 11 is 0. The van der Waals surface area contributed by atoms with Crippen LogP contribution in [-0.4, -0.2) is 37.7 Å². The molecule has 1 aliphatic rings. The molecule has 0 bridgehead atoms. The minimum atomic E-state index is -0.818. The van der Waals surface area contributed by atoms with Crippen LogP contribution >= 0.6 is 0 Å². The minimum absolute atomic E-state index is 0.235. The summed E-state index contributed by atoms with van der Waals surface area (Å²) < 4.78 is 15.8. The van der Waals surface area contributed by atoms with Crippen LogP contribution in [0.25, 0.3) is 6.08 Å². The second-order valence-electron chi connectivity index (χ2n) is 5.71. The van der Waals surface area contributed by atoms with Gasteiger partial charge in [-0.3, -0.25) is 4.79 Å². The number of amides is 1. The average molecular weight is 345 g/mol. The van der Waals surface area contributed by atoms with E-state index in [0.29, 0.717) is 18.1 Å². The molecule has 1 atom stereocenters. The fourth-order valence-electron chi connectivity index (χ4n) is 2.03. The maximum atomic E-state index is 11.8. The largest absolute Gasteiger partial charge is 0.493 e. The molecular formula is C19H23NO5. The third kappa shape index (κ3) is 5.99. The zero-order valence-corrected chi connectivity index (χ0v) is 14.5. The van der Waals surface area contributed by atoms with Crippen LogP contribution in [0.15, 0.2) is 36.9 Å². The second kappa shape index (κ2) is 8.92. The number of esters is 1. The molecule has 6 heteroatoms. The lowest BCUT2D eigenvalue weighted by molar-refractivity contribution is -0.150. The normalized spacial score (nSPS) is 14.6. The highest BCUT2D eigenvalue weighted by molar-refractivity contribution is 5.90. The van der Waals surface area contributed by atoms with E-state index in [1.165, 1.54) is 13.2 Å². The summed E-state index contributed by atoms with van der Waals surface area (Å²) in [5, 5.41) is 2.79. The lowest BCUT2D eigenvalue weighted by Crippen LogP contribution is -2.36. The third-order valence-corrected chi connectivity index (χ3v) is 3.54. The number of benzene rings is 1. The number of ether oxygens (including phenoxy) is 3. The molecule has 0 saturated heterocycles. The molecule has 1 aliphatic carbocycles. The van der Waals surface area contributed by atoms with Crippen molar-refractivity contribution in [3.05, 3.63) is 42.5 Å². The first kappa shape index (κ1) is 18.6. The highest BCUT2D eigenvalue weighted by atomic mass is 16.5. The Morgan fingerprint density at radius 1 is 1.36 bits per heavy atom. The molecule has 1 N–H and O–H groups in total. The molecule has 0 unspecified atom stereocenters. The maximum absolute atomic E-state index is 11.8. The van der Waals surface area contributed by atoms with Crippen molar-refractivity contribution >= 4 is 18.0 Å². The van der Waals surface area contributed by atoms with Crippen LogP contribution in [0.3, 0.4) is 0 Å². The van der Waals surface area contributed by atoms with Gasteiger partial charge in [-0.05, 0) is 43.5 Å². The summed E-state index contributed by atoms with van der Waals surface area (Å²) in [6.45, 7) is 5.52. The Labute approximate surface area is 147 Å². The van der Waals surface area contributed by atoms with Crippen molar-refractivity contribution < 1.29 is 23.8 Å². The van der Waals surface area contributed by atoms with Gasteiger partial charge in [0.2, 0.25) is 0 Å². The van der Waals surface area contributed by atoms with Crippen LogP contribution in [-0.2, 0) is 14.3 Å². The van der Waals surface area contributed by atoms with E-state index in [9.17, 15) is 9.59 Å². The minimum Gasteiger partial charge on any atom is -0.493 e. The highest BCUT2D eigenvalue weighted by Gasteiger charge is 2.26. The SMILES string of the molecule is C=CCOc1ccc(/C=C/C(=O)O[C@H](C)C(=O)NC2CC2)cc1OC. The van der Waals surface area contributed by atoms with E-state index in [-0.39, 0.29) is 11.9 Å². The molecule has 1 aromatic rings. The van der Waals surface area contributed by atoms with E-state index in [1.54, 1.807) is 37.3 Å². The fourth-order valence-corrected chi connectivity index (χ4v) is 2.03. The maximum Gasteiger partial charge on any atom is 0.331 e. The summed E-state index contributed by atoms with van der Waals surface area (Å²) in [4.78, 5) is 23.6. The number of rotatable bonds is 9. The van der Waals surface area contributed by atoms with Gasteiger partial charge in [0.05, 0.1) is 7.11 Å². The number of hydrogen-bond acceptors (Lipinski definition) is 5. The first-order chi connectivity index (χ1) is 12.0. The van der Waals surface area contributed by atoms with Crippen molar-refractivity contribution in [1.82, 2.24) is 5.32 Å². The summed E-state index contributed by atoms with van der Waals surface area (Å²) in [6.07, 6.45) is 5.67. The van der Waals surface area contributed by atoms with Gasteiger partial charge in [0, 0.05) is 12.1 Å².